The van der Waals surface area contributed by atoms with Crippen molar-refractivity contribution in [1.82, 2.24) is 0 Å². The number of methoxy groups -OCH3 is 1. The van der Waals surface area contributed by atoms with Gasteiger partial charge in [-0.15, -0.1) is 0 Å². The molecule has 0 aliphatic heterocycles. The SMILES string of the molecule is CCc1c(I)cc(C(=O)OC)cc1C#N. The average molecular weight is 315 g/mol. The topological polar surface area (TPSA) is 50.1 Å². The van der Waals surface area contributed by atoms with Crippen molar-refractivity contribution in [3.63, 3.8) is 0 Å². The van der Waals surface area contributed by atoms with E-state index in [0.717, 1.165) is 15.6 Å². The summed E-state index contributed by atoms with van der Waals surface area (Å²) in [5.41, 5.74) is 1.95. The molecule has 0 saturated heterocycles. The van der Waals surface area contributed by atoms with E-state index in [2.05, 4.69) is 33.4 Å². The maximum atomic E-state index is 11.3. The summed E-state index contributed by atoms with van der Waals surface area (Å²) in [5.74, 6) is -0.410. The van der Waals surface area contributed by atoms with Crippen molar-refractivity contribution in [1.29, 1.82) is 5.26 Å². The monoisotopic (exact) mass is 315 g/mol. The van der Waals surface area contributed by atoms with Crippen LogP contribution >= 0.6 is 22.6 Å². The third kappa shape index (κ3) is 2.48. The lowest BCUT2D eigenvalue weighted by Crippen LogP contribution is -2.04. The number of carbonyl (C=O) groups is 1. The zero-order valence-corrected chi connectivity index (χ0v) is 10.7. The Hall–Kier alpha value is -1.09. The van der Waals surface area contributed by atoms with Crippen LogP contribution in [0.4, 0.5) is 0 Å². The molecule has 0 aromatic heterocycles. The summed E-state index contributed by atoms with van der Waals surface area (Å²) in [6.07, 6.45) is 0.780. The third-order valence-electron chi connectivity index (χ3n) is 2.09. The number of hydrogen-bond acceptors (Lipinski definition) is 3. The van der Waals surface area contributed by atoms with Crippen molar-refractivity contribution in [2.24, 2.45) is 0 Å². The Bertz CT molecular complexity index is 435. The molecule has 0 fully saturated rings. The van der Waals surface area contributed by atoms with E-state index in [4.69, 9.17) is 5.26 Å². The predicted molar refractivity (Wildman–Crippen MR) is 64.6 cm³/mol. The second-order valence-electron chi connectivity index (χ2n) is 2.94. The zero-order chi connectivity index (χ0) is 11.4. The molecule has 0 saturated carbocycles. The van der Waals surface area contributed by atoms with Gasteiger partial charge in [-0.05, 0) is 46.7 Å². The van der Waals surface area contributed by atoms with Crippen molar-refractivity contribution < 1.29 is 9.53 Å². The van der Waals surface area contributed by atoms with Crippen LogP contribution in [0.2, 0.25) is 0 Å². The molecular weight excluding hydrogens is 305 g/mol. The highest BCUT2D eigenvalue weighted by molar-refractivity contribution is 14.1. The highest BCUT2D eigenvalue weighted by atomic mass is 127. The smallest absolute Gasteiger partial charge is 0.337 e. The Morgan fingerprint density at radius 2 is 2.27 bits per heavy atom. The van der Waals surface area contributed by atoms with Gasteiger partial charge in [0.15, 0.2) is 0 Å². The van der Waals surface area contributed by atoms with Gasteiger partial charge in [0.25, 0.3) is 0 Å². The summed E-state index contributed by atoms with van der Waals surface area (Å²) < 4.78 is 5.54. The fraction of sp³-hybridized carbons (Fsp3) is 0.273. The molecule has 0 N–H and O–H groups in total. The first-order chi connectivity index (χ1) is 7.13. The van der Waals surface area contributed by atoms with Gasteiger partial charge in [0.05, 0.1) is 24.3 Å². The van der Waals surface area contributed by atoms with Gasteiger partial charge >= 0.3 is 5.97 Å². The lowest BCUT2D eigenvalue weighted by Gasteiger charge is -2.06. The molecule has 0 unspecified atom stereocenters. The molecule has 3 nitrogen and oxygen atoms in total. The molecule has 1 aromatic carbocycles. The van der Waals surface area contributed by atoms with E-state index in [0.29, 0.717) is 11.1 Å². The van der Waals surface area contributed by atoms with Gasteiger partial charge in [0.2, 0.25) is 0 Å². The van der Waals surface area contributed by atoms with Gasteiger partial charge in [-0.3, -0.25) is 0 Å². The van der Waals surface area contributed by atoms with Crippen LogP contribution in [0, 0.1) is 14.9 Å². The fourth-order valence-corrected chi connectivity index (χ4v) is 2.34. The van der Waals surface area contributed by atoms with Crippen LogP contribution in [0.5, 0.6) is 0 Å². The molecule has 0 spiro atoms. The van der Waals surface area contributed by atoms with Crippen LogP contribution < -0.4 is 0 Å². The van der Waals surface area contributed by atoms with E-state index in [9.17, 15) is 4.79 Å². The second kappa shape index (κ2) is 5.12. The van der Waals surface area contributed by atoms with E-state index in [1.54, 1.807) is 12.1 Å². The van der Waals surface area contributed by atoms with Crippen LogP contribution in [0.1, 0.15) is 28.4 Å². The normalized spacial score (nSPS) is 9.47. The number of carbonyl (C=O) groups excluding carboxylic acids is 1. The molecule has 78 valence electrons. The van der Waals surface area contributed by atoms with Gasteiger partial charge in [0.1, 0.15) is 0 Å². The number of esters is 1. The summed E-state index contributed by atoms with van der Waals surface area (Å²) in [6.45, 7) is 1.98. The third-order valence-corrected chi connectivity index (χ3v) is 3.05. The van der Waals surface area contributed by atoms with E-state index >= 15 is 0 Å². The van der Waals surface area contributed by atoms with Crippen molar-refractivity contribution in [3.05, 3.63) is 32.4 Å². The highest BCUT2D eigenvalue weighted by Crippen LogP contribution is 2.20. The molecular formula is C11H10INO2. The van der Waals surface area contributed by atoms with Crippen LogP contribution in [-0.2, 0) is 11.2 Å². The van der Waals surface area contributed by atoms with Gasteiger partial charge < -0.3 is 4.74 Å². The van der Waals surface area contributed by atoms with Crippen LogP contribution in [-0.4, -0.2) is 13.1 Å². The average Bonchev–Trinajstić information content (AvgIpc) is 2.26. The molecule has 1 rings (SSSR count). The number of nitriles is 1. The molecule has 15 heavy (non-hydrogen) atoms. The van der Waals surface area contributed by atoms with E-state index in [1.807, 2.05) is 6.92 Å². The maximum Gasteiger partial charge on any atom is 0.337 e. The lowest BCUT2D eigenvalue weighted by molar-refractivity contribution is 0.0600. The first-order valence-electron chi connectivity index (χ1n) is 4.44. The van der Waals surface area contributed by atoms with Crippen LogP contribution in [0.25, 0.3) is 0 Å². The largest absolute Gasteiger partial charge is 0.465 e. The standard InChI is InChI=1S/C11H10INO2/c1-3-9-8(6-13)4-7(5-10(9)12)11(14)15-2/h4-5H,3H2,1-2H3. The summed E-state index contributed by atoms with van der Waals surface area (Å²) in [7, 11) is 1.33. The number of halogens is 1. The number of rotatable bonds is 2. The molecule has 1 aromatic rings. The van der Waals surface area contributed by atoms with E-state index in [1.165, 1.54) is 7.11 Å². The summed E-state index contributed by atoms with van der Waals surface area (Å²) >= 11 is 2.13. The van der Waals surface area contributed by atoms with Crippen LogP contribution in [0.3, 0.4) is 0 Å². The second-order valence-corrected chi connectivity index (χ2v) is 4.10. The molecule has 0 aliphatic rings. The Morgan fingerprint density at radius 3 is 2.73 bits per heavy atom. The van der Waals surface area contributed by atoms with Crippen molar-refractivity contribution in [2.45, 2.75) is 13.3 Å². The van der Waals surface area contributed by atoms with Gasteiger partial charge in [0, 0.05) is 3.57 Å². The predicted octanol–water partition coefficient (Wildman–Crippen LogP) is 2.51. The van der Waals surface area contributed by atoms with E-state index < -0.39 is 5.97 Å². The minimum Gasteiger partial charge on any atom is -0.465 e. The van der Waals surface area contributed by atoms with Gasteiger partial charge in [-0.1, -0.05) is 6.92 Å². The van der Waals surface area contributed by atoms with Crippen molar-refractivity contribution >= 4 is 28.6 Å². The number of ether oxygens (including phenoxy) is 1. The maximum absolute atomic E-state index is 11.3. The van der Waals surface area contributed by atoms with Gasteiger partial charge in [-0.2, -0.15) is 5.26 Å². The molecule has 0 aliphatic carbocycles. The quantitative estimate of drug-likeness (QED) is 0.622. The van der Waals surface area contributed by atoms with Crippen molar-refractivity contribution in [3.8, 4) is 6.07 Å². The number of benzene rings is 1. The molecule has 0 heterocycles. The first-order valence-corrected chi connectivity index (χ1v) is 5.52. The minimum atomic E-state index is -0.410. The molecule has 0 amide bonds. The Kier molecular flexibility index (Phi) is 4.09. The molecule has 4 heteroatoms. The van der Waals surface area contributed by atoms with Crippen molar-refractivity contribution in [2.75, 3.05) is 7.11 Å². The molecule has 0 radical (unpaired) electrons. The minimum absolute atomic E-state index is 0.410. The zero-order valence-electron chi connectivity index (χ0n) is 8.50. The number of hydrogen-bond donors (Lipinski definition) is 0. The summed E-state index contributed by atoms with van der Waals surface area (Å²) in [5, 5.41) is 8.95. The first kappa shape index (κ1) is 12.0. The Labute approximate surface area is 102 Å². The lowest BCUT2D eigenvalue weighted by atomic mass is 10.0. The Balaban J connectivity index is 3.33. The van der Waals surface area contributed by atoms with Crippen LogP contribution in [0.15, 0.2) is 12.1 Å². The summed E-state index contributed by atoms with van der Waals surface area (Å²) in [6, 6.07) is 5.41. The van der Waals surface area contributed by atoms with Gasteiger partial charge in [-0.25, -0.2) is 4.79 Å². The van der Waals surface area contributed by atoms with E-state index in [-0.39, 0.29) is 0 Å². The molecule has 0 atom stereocenters. The Morgan fingerprint density at radius 1 is 1.60 bits per heavy atom. The molecule has 0 bridgehead atoms. The number of nitrogens with zero attached hydrogens (tertiary/aromatic N) is 1. The highest BCUT2D eigenvalue weighted by Gasteiger charge is 2.12. The fourth-order valence-electron chi connectivity index (χ4n) is 1.33. The summed E-state index contributed by atoms with van der Waals surface area (Å²) in [4.78, 5) is 11.3.